The zero-order valence-electron chi connectivity index (χ0n) is 19.6. The van der Waals surface area contributed by atoms with Crippen LogP contribution >= 0.6 is 0 Å². The zero-order chi connectivity index (χ0) is 22.9. The Balaban J connectivity index is 1.42. The lowest BCUT2D eigenvalue weighted by molar-refractivity contribution is 0.148. The molecule has 5 heteroatoms. The van der Waals surface area contributed by atoms with Crippen LogP contribution in [0.4, 0.5) is 0 Å². The maximum atomic E-state index is 10.1. The molecule has 3 aromatic rings. The highest BCUT2D eigenvalue weighted by Gasteiger charge is 2.25. The van der Waals surface area contributed by atoms with Gasteiger partial charge in [0, 0.05) is 62.0 Å². The molecule has 0 atom stereocenters. The fourth-order valence-corrected chi connectivity index (χ4v) is 4.91. The molecule has 0 radical (unpaired) electrons. The van der Waals surface area contributed by atoms with E-state index in [9.17, 15) is 5.11 Å². The molecule has 2 aromatic carbocycles. The summed E-state index contributed by atoms with van der Waals surface area (Å²) in [5.74, 6) is 0.994. The average molecular weight is 442 g/mol. The van der Waals surface area contributed by atoms with Crippen molar-refractivity contribution in [3.05, 3.63) is 82.7 Å². The van der Waals surface area contributed by atoms with E-state index in [4.69, 9.17) is 9.72 Å². The SMILES string of the molecule is COc1ccc(O)cc1C1=C(C)Cc2ncc(-c3ccc(CN4CCN(C)CC4)cc3)cc21. The summed E-state index contributed by atoms with van der Waals surface area (Å²) >= 11 is 0. The van der Waals surface area contributed by atoms with Gasteiger partial charge in [-0.2, -0.15) is 0 Å². The van der Waals surface area contributed by atoms with E-state index in [1.807, 2.05) is 12.3 Å². The summed E-state index contributed by atoms with van der Waals surface area (Å²) < 4.78 is 5.60. The predicted octanol–water partition coefficient (Wildman–Crippen LogP) is 4.59. The molecule has 0 bridgehead atoms. The normalized spacial score (nSPS) is 16.8. The fraction of sp³-hybridized carbons (Fsp3) is 0.321. The predicted molar refractivity (Wildman–Crippen MR) is 133 cm³/mol. The molecule has 5 rings (SSSR count). The number of pyridine rings is 1. The van der Waals surface area contributed by atoms with Crippen molar-refractivity contribution >= 4 is 5.57 Å². The molecule has 1 aliphatic carbocycles. The van der Waals surface area contributed by atoms with Gasteiger partial charge in [0.25, 0.3) is 0 Å². The molecule has 0 amide bonds. The standard InChI is InChI=1S/C28H31N3O2/c1-19-14-26-24(28(19)25-16-23(32)8-9-27(25)33-3)15-22(17-29-26)21-6-4-20(5-7-21)18-31-12-10-30(2)11-13-31/h4-9,15-17,32H,10-14,18H2,1-3H3. The van der Waals surface area contributed by atoms with E-state index in [0.717, 1.165) is 72.9 Å². The van der Waals surface area contributed by atoms with E-state index in [0.29, 0.717) is 0 Å². The van der Waals surface area contributed by atoms with Gasteiger partial charge in [-0.1, -0.05) is 29.8 Å². The van der Waals surface area contributed by atoms with E-state index < -0.39 is 0 Å². The molecule has 1 aromatic heterocycles. The Morgan fingerprint density at radius 3 is 2.42 bits per heavy atom. The monoisotopic (exact) mass is 441 g/mol. The number of phenolic OH excluding ortho intramolecular Hbond substituents is 1. The van der Waals surface area contributed by atoms with Crippen molar-refractivity contribution in [2.24, 2.45) is 0 Å². The number of fused-ring (bicyclic) bond motifs is 1. The molecular weight excluding hydrogens is 410 g/mol. The summed E-state index contributed by atoms with van der Waals surface area (Å²) in [6.45, 7) is 7.66. The molecule has 170 valence electrons. The van der Waals surface area contributed by atoms with Gasteiger partial charge in [-0.25, -0.2) is 0 Å². The molecule has 2 heterocycles. The number of hydrogen-bond donors (Lipinski definition) is 1. The molecule has 2 aliphatic rings. The van der Waals surface area contributed by atoms with Crippen molar-refractivity contribution in [3.63, 3.8) is 0 Å². The van der Waals surface area contributed by atoms with Crippen LogP contribution in [0.15, 0.2) is 60.3 Å². The Labute approximate surface area is 196 Å². The van der Waals surface area contributed by atoms with Gasteiger partial charge in [0.15, 0.2) is 0 Å². The number of likely N-dealkylation sites (N-methyl/N-ethyl adjacent to an activating group) is 1. The molecule has 33 heavy (non-hydrogen) atoms. The zero-order valence-corrected chi connectivity index (χ0v) is 19.6. The van der Waals surface area contributed by atoms with Crippen molar-refractivity contribution in [3.8, 4) is 22.6 Å². The molecule has 0 saturated carbocycles. The molecular formula is C28H31N3O2. The number of phenols is 1. The number of aromatic hydroxyl groups is 1. The Morgan fingerprint density at radius 1 is 0.939 bits per heavy atom. The third-order valence-electron chi connectivity index (χ3n) is 6.84. The highest BCUT2D eigenvalue weighted by Crippen LogP contribution is 2.42. The smallest absolute Gasteiger partial charge is 0.126 e. The summed E-state index contributed by atoms with van der Waals surface area (Å²) in [5.41, 5.74) is 9.07. The van der Waals surface area contributed by atoms with Crippen LogP contribution in [0, 0.1) is 0 Å². The first-order valence-electron chi connectivity index (χ1n) is 11.6. The summed E-state index contributed by atoms with van der Waals surface area (Å²) in [5, 5.41) is 10.1. The van der Waals surface area contributed by atoms with E-state index in [2.05, 4.69) is 54.1 Å². The van der Waals surface area contributed by atoms with E-state index in [1.165, 1.54) is 16.7 Å². The van der Waals surface area contributed by atoms with Gasteiger partial charge in [-0.3, -0.25) is 9.88 Å². The van der Waals surface area contributed by atoms with Crippen LogP contribution < -0.4 is 4.74 Å². The first kappa shape index (κ1) is 21.7. The number of methoxy groups -OCH3 is 1. The van der Waals surface area contributed by atoms with E-state index >= 15 is 0 Å². The van der Waals surface area contributed by atoms with Gasteiger partial charge in [0.1, 0.15) is 11.5 Å². The molecule has 0 unspecified atom stereocenters. The molecule has 1 aliphatic heterocycles. The highest BCUT2D eigenvalue weighted by atomic mass is 16.5. The lowest BCUT2D eigenvalue weighted by Gasteiger charge is -2.32. The van der Waals surface area contributed by atoms with Crippen LogP contribution in [0.5, 0.6) is 11.5 Å². The lowest BCUT2D eigenvalue weighted by Crippen LogP contribution is -2.43. The minimum Gasteiger partial charge on any atom is -0.508 e. The minimum absolute atomic E-state index is 0.236. The van der Waals surface area contributed by atoms with Crippen LogP contribution in [-0.4, -0.2) is 60.2 Å². The topological polar surface area (TPSA) is 48.8 Å². The highest BCUT2D eigenvalue weighted by molar-refractivity contribution is 5.90. The van der Waals surface area contributed by atoms with Gasteiger partial charge < -0.3 is 14.7 Å². The largest absolute Gasteiger partial charge is 0.508 e. The molecule has 1 fully saturated rings. The third-order valence-corrected chi connectivity index (χ3v) is 6.84. The van der Waals surface area contributed by atoms with Gasteiger partial charge in [0.05, 0.1) is 12.8 Å². The minimum atomic E-state index is 0.236. The van der Waals surface area contributed by atoms with Gasteiger partial charge in [0.2, 0.25) is 0 Å². The van der Waals surface area contributed by atoms with Crippen LogP contribution in [0.3, 0.4) is 0 Å². The number of aromatic nitrogens is 1. The molecule has 1 saturated heterocycles. The first-order chi connectivity index (χ1) is 16.0. The van der Waals surface area contributed by atoms with E-state index in [-0.39, 0.29) is 5.75 Å². The second-order valence-electron chi connectivity index (χ2n) is 9.21. The van der Waals surface area contributed by atoms with Crippen molar-refractivity contribution < 1.29 is 9.84 Å². The van der Waals surface area contributed by atoms with Gasteiger partial charge in [-0.15, -0.1) is 0 Å². The van der Waals surface area contributed by atoms with Crippen LogP contribution in [0.1, 0.15) is 29.3 Å². The summed E-state index contributed by atoms with van der Waals surface area (Å²) in [7, 11) is 3.86. The summed E-state index contributed by atoms with van der Waals surface area (Å²) in [6.07, 6.45) is 2.79. The maximum absolute atomic E-state index is 10.1. The van der Waals surface area contributed by atoms with Crippen molar-refractivity contribution in [1.29, 1.82) is 0 Å². The van der Waals surface area contributed by atoms with Crippen LogP contribution in [-0.2, 0) is 13.0 Å². The summed E-state index contributed by atoms with van der Waals surface area (Å²) in [4.78, 5) is 9.71. The Kier molecular flexibility index (Phi) is 5.92. The number of hydrogen-bond acceptors (Lipinski definition) is 5. The second-order valence-corrected chi connectivity index (χ2v) is 9.21. The summed E-state index contributed by atoms with van der Waals surface area (Å²) in [6, 6.07) is 16.4. The quantitative estimate of drug-likeness (QED) is 0.628. The fourth-order valence-electron chi connectivity index (χ4n) is 4.91. The maximum Gasteiger partial charge on any atom is 0.126 e. The molecule has 5 nitrogen and oxygen atoms in total. The van der Waals surface area contributed by atoms with Crippen molar-refractivity contribution in [2.75, 3.05) is 40.3 Å². The van der Waals surface area contributed by atoms with Crippen LogP contribution in [0.25, 0.3) is 16.7 Å². The second kappa shape index (κ2) is 9.00. The van der Waals surface area contributed by atoms with Gasteiger partial charge in [-0.05, 0) is 54.9 Å². The van der Waals surface area contributed by atoms with Crippen molar-refractivity contribution in [1.82, 2.24) is 14.8 Å². The molecule has 1 N–H and O–H groups in total. The van der Waals surface area contributed by atoms with Crippen molar-refractivity contribution in [2.45, 2.75) is 19.9 Å². The number of nitrogens with zero attached hydrogens (tertiary/aromatic N) is 3. The lowest BCUT2D eigenvalue weighted by atomic mass is 9.95. The third kappa shape index (κ3) is 4.39. The Morgan fingerprint density at radius 2 is 1.70 bits per heavy atom. The number of ether oxygens (including phenoxy) is 1. The van der Waals surface area contributed by atoms with Crippen LogP contribution in [0.2, 0.25) is 0 Å². The molecule has 0 spiro atoms. The Bertz CT molecular complexity index is 1190. The average Bonchev–Trinajstić information content (AvgIpc) is 3.15. The number of piperazine rings is 1. The Hall–Kier alpha value is -3.15. The van der Waals surface area contributed by atoms with Gasteiger partial charge >= 0.3 is 0 Å². The number of allylic oxidation sites excluding steroid dienone is 1. The first-order valence-corrected chi connectivity index (χ1v) is 11.6. The van der Waals surface area contributed by atoms with E-state index in [1.54, 1.807) is 19.2 Å². The number of benzene rings is 2. The number of rotatable bonds is 5.